The van der Waals surface area contributed by atoms with Crippen molar-refractivity contribution in [1.82, 2.24) is 10.9 Å². The van der Waals surface area contributed by atoms with Gasteiger partial charge in [0.2, 0.25) is 0 Å². The second-order valence-corrected chi connectivity index (χ2v) is 9.91. The smallest absolute Gasteiger partial charge is 0.426 e. The van der Waals surface area contributed by atoms with Crippen molar-refractivity contribution in [2.24, 2.45) is 0 Å². The molecule has 0 spiro atoms. The van der Waals surface area contributed by atoms with Gasteiger partial charge in [-0.1, -0.05) is 41.5 Å². The second-order valence-electron chi connectivity index (χ2n) is 9.91. The molecule has 0 atom stereocenters. The minimum absolute atomic E-state index is 0.255. The van der Waals surface area contributed by atoms with E-state index in [0.29, 0.717) is 0 Å². The summed E-state index contributed by atoms with van der Waals surface area (Å²) in [6, 6.07) is 3.74. The van der Waals surface area contributed by atoms with E-state index in [1.165, 1.54) is 6.08 Å². The number of nitrogens with one attached hydrogen (secondary N) is 2. The van der Waals surface area contributed by atoms with E-state index in [9.17, 15) is 14.7 Å². The topological polar surface area (TPSA) is 87.7 Å². The third-order valence-corrected chi connectivity index (χ3v) is 3.86. The monoisotopic (exact) mass is 390 g/mol. The molecule has 0 unspecified atom stereocenters. The average molecular weight is 391 g/mol. The number of carbonyl (C=O) groups is 2. The Labute approximate surface area is 168 Å². The maximum absolute atomic E-state index is 12.0. The summed E-state index contributed by atoms with van der Waals surface area (Å²) in [4.78, 5) is 23.6. The molecule has 0 aliphatic carbocycles. The number of hydrogen-bond acceptors (Lipinski definition) is 4. The van der Waals surface area contributed by atoms with Gasteiger partial charge in [0.15, 0.2) is 0 Å². The van der Waals surface area contributed by atoms with Crippen molar-refractivity contribution in [3.05, 3.63) is 34.9 Å². The molecule has 1 aromatic carbocycles. The molecule has 0 fully saturated rings. The SMILES string of the molecule is CC(C)(C)OC(=O)NNC(=O)C=Cc1cc(C(C)(C)C)c(O)c(C(C)(C)C)c1. The molecule has 0 aromatic heterocycles. The van der Waals surface area contributed by atoms with Crippen molar-refractivity contribution < 1.29 is 19.4 Å². The Hall–Kier alpha value is -2.50. The third kappa shape index (κ3) is 7.25. The van der Waals surface area contributed by atoms with Crippen LogP contribution in [0.15, 0.2) is 18.2 Å². The van der Waals surface area contributed by atoms with Crippen LogP contribution in [-0.4, -0.2) is 22.7 Å². The van der Waals surface area contributed by atoms with Crippen LogP contribution in [0.5, 0.6) is 5.75 Å². The molecule has 6 nitrogen and oxygen atoms in total. The molecule has 6 heteroatoms. The Morgan fingerprint density at radius 1 is 0.893 bits per heavy atom. The fourth-order valence-corrected chi connectivity index (χ4v) is 2.53. The first-order chi connectivity index (χ1) is 12.5. The number of amides is 2. The molecule has 0 heterocycles. The van der Waals surface area contributed by atoms with E-state index in [1.807, 2.05) is 53.7 Å². The first-order valence-electron chi connectivity index (χ1n) is 9.36. The second kappa shape index (κ2) is 8.25. The quantitative estimate of drug-likeness (QED) is 0.510. The van der Waals surface area contributed by atoms with Crippen LogP contribution < -0.4 is 10.9 Å². The summed E-state index contributed by atoms with van der Waals surface area (Å²) in [6.07, 6.45) is 2.24. The van der Waals surface area contributed by atoms with E-state index < -0.39 is 17.6 Å². The highest BCUT2D eigenvalue weighted by Crippen LogP contribution is 2.39. The summed E-state index contributed by atoms with van der Waals surface area (Å²) in [7, 11) is 0. The van der Waals surface area contributed by atoms with Gasteiger partial charge in [-0.15, -0.1) is 0 Å². The zero-order valence-electron chi connectivity index (χ0n) is 18.5. The molecule has 0 aliphatic rings. The van der Waals surface area contributed by atoms with Crippen LogP contribution >= 0.6 is 0 Å². The summed E-state index contributed by atoms with van der Waals surface area (Å²) in [6.45, 7) is 17.4. The largest absolute Gasteiger partial charge is 0.507 e. The van der Waals surface area contributed by atoms with Crippen molar-refractivity contribution in [1.29, 1.82) is 0 Å². The van der Waals surface area contributed by atoms with Gasteiger partial charge >= 0.3 is 6.09 Å². The van der Waals surface area contributed by atoms with Crippen LogP contribution in [0.4, 0.5) is 4.79 Å². The number of carbonyl (C=O) groups excluding carboxylic acids is 2. The van der Waals surface area contributed by atoms with Crippen molar-refractivity contribution >= 4 is 18.1 Å². The number of ether oxygens (including phenoxy) is 1. The number of rotatable bonds is 2. The zero-order valence-corrected chi connectivity index (χ0v) is 18.5. The van der Waals surface area contributed by atoms with E-state index in [0.717, 1.165) is 16.7 Å². The maximum Gasteiger partial charge on any atom is 0.426 e. The van der Waals surface area contributed by atoms with Crippen LogP contribution in [0.25, 0.3) is 6.08 Å². The van der Waals surface area contributed by atoms with Gasteiger partial charge < -0.3 is 9.84 Å². The van der Waals surface area contributed by atoms with Crippen LogP contribution in [0.3, 0.4) is 0 Å². The van der Waals surface area contributed by atoms with Gasteiger partial charge in [0.05, 0.1) is 0 Å². The Bertz CT molecular complexity index is 725. The molecule has 0 bridgehead atoms. The number of hydrazine groups is 1. The van der Waals surface area contributed by atoms with Crippen LogP contribution in [0.2, 0.25) is 0 Å². The molecule has 1 rings (SSSR count). The Balaban J connectivity index is 3.02. The number of phenolic OH excluding ortho intramolecular Hbond substituents is 1. The molecule has 28 heavy (non-hydrogen) atoms. The first-order valence-corrected chi connectivity index (χ1v) is 9.36. The lowest BCUT2D eigenvalue weighted by atomic mass is 9.78. The van der Waals surface area contributed by atoms with Crippen LogP contribution in [0.1, 0.15) is 79.0 Å². The predicted molar refractivity (Wildman–Crippen MR) is 112 cm³/mol. The van der Waals surface area contributed by atoms with Crippen molar-refractivity contribution in [2.75, 3.05) is 0 Å². The highest BCUT2D eigenvalue weighted by atomic mass is 16.6. The molecular formula is C22H34N2O4. The summed E-state index contributed by atoms with van der Waals surface area (Å²) in [5.74, 6) is -0.207. The summed E-state index contributed by atoms with van der Waals surface area (Å²) in [5, 5.41) is 10.7. The van der Waals surface area contributed by atoms with E-state index in [1.54, 1.807) is 26.8 Å². The highest BCUT2D eigenvalue weighted by molar-refractivity contribution is 5.92. The molecule has 0 radical (unpaired) electrons. The molecule has 0 aliphatic heterocycles. The Kier molecular flexibility index (Phi) is 6.93. The Morgan fingerprint density at radius 2 is 1.36 bits per heavy atom. The standard InChI is InChI=1S/C22H34N2O4/c1-20(2,3)15-12-14(13-16(18(15)26)21(4,5)6)10-11-17(25)23-24-19(27)28-22(7,8)9/h10-13,26H,1-9H3,(H,23,25)(H,24,27). The normalized spacial score (nSPS) is 12.8. The Morgan fingerprint density at radius 3 is 1.75 bits per heavy atom. The van der Waals surface area contributed by atoms with Gasteiger partial charge in [-0.05, 0) is 55.4 Å². The first kappa shape index (κ1) is 23.5. The minimum Gasteiger partial charge on any atom is -0.507 e. The number of hydrogen-bond donors (Lipinski definition) is 3. The van der Waals surface area contributed by atoms with E-state index in [4.69, 9.17) is 4.74 Å². The fraction of sp³-hybridized carbons (Fsp3) is 0.545. The molecule has 0 saturated carbocycles. The molecule has 156 valence electrons. The lowest BCUT2D eigenvalue weighted by Gasteiger charge is -2.27. The summed E-state index contributed by atoms with van der Waals surface area (Å²) < 4.78 is 5.05. The van der Waals surface area contributed by atoms with Gasteiger partial charge in [0.25, 0.3) is 5.91 Å². The molecule has 2 amide bonds. The van der Waals surface area contributed by atoms with Gasteiger partial charge in [0.1, 0.15) is 11.4 Å². The van der Waals surface area contributed by atoms with Crippen LogP contribution in [-0.2, 0) is 20.4 Å². The van der Waals surface area contributed by atoms with Gasteiger partial charge in [-0.2, -0.15) is 0 Å². The minimum atomic E-state index is -0.732. The average Bonchev–Trinajstić information content (AvgIpc) is 2.47. The van der Waals surface area contributed by atoms with Gasteiger partial charge in [0, 0.05) is 17.2 Å². The third-order valence-electron chi connectivity index (χ3n) is 3.86. The lowest BCUT2D eigenvalue weighted by Crippen LogP contribution is -2.43. The molecule has 3 N–H and O–H groups in total. The molecule has 1 aromatic rings. The maximum atomic E-state index is 12.0. The molecule has 0 saturated heterocycles. The van der Waals surface area contributed by atoms with E-state index in [2.05, 4.69) is 10.9 Å². The fourth-order valence-electron chi connectivity index (χ4n) is 2.53. The van der Waals surface area contributed by atoms with Gasteiger partial charge in [-0.25, -0.2) is 10.2 Å². The lowest BCUT2D eigenvalue weighted by molar-refractivity contribution is -0.117. The summed E-state index contributed by atoms with van der Waals surface area (Å²) in [5.41, 5.74) is 5.74. The number of aromatic hydroxyl groups is 1. The van der Waals surface area contributed by atoms with Crippen molar-refractivity contribution in [3.8, 4) is 5.75 Å². The highest BCUT2D eigenvalue weighted by Gasteiger charge is 2.26. The van der Waals surface area contributed by atoms with Crippen molar-refractivity contribution in [3.63, 3.8) is 0 Å². The van der Waals surface area contributed by atoms with E-state index >= 15 is 0 Å². The summed E-state index contributed by atoms with van der Waals surface area (Å²) >= 11 is 0. The number of phenols is 1. The zero-order chi connectivity index (χ0) is 21.9. The van der Waals surface area contributed by atoms with Gasteiger partial charge in [-0.3, -0.25) is 10.2 Å². The van der Waals surface area contributed by atoms with Crippen LogP contribution in [0, 0.1) is 0 Å². The number of benzene rings is 1. The predicted octanol–water partition coefficient (Wildman–Crippen LogP) is 4.56. The van der Waals surface area contributed by atoms with E-state index in [-0.39, 0.29) is 16.6 Å². The van der Waals surface area contributed by atoms with Crippen molar-refractivity contribution in [2.45, 2.75) is 78.7 Å². The molecular weight excluding hydrogens is 356 g/mol.